The van der Waals surface area contributed by atoms with E-state index in [4.69, 9.17) is 21.3 Å². The number of aromatic nitrogens is 1. The molecule has 2 bridgehead atoms. The number of esters is 1. The Hall–Kier alpha value is -4.36. The van der Waals surface area contributed by atoms with E-state index in [0.29, 0.717) is 50.3 Å². The molecular weight excluding hydrogens is 552 g/mol. The highest BCUT2D eigenvalue weighted by atomic mass is 35.5. The van der Waals surface area contributed by atoms with E-state index in [2.05, 4.69) is 0 Å². The number of carbonyl (C=O) groups is 4. The molecule has 5 atom stereocenters. The second-order valence-corrected chi connectivity index (χ2v) is 11.9. The molecule has 210 valence electrons. The van der Waals surface area contributed by atoms with E-state index < -0.39 is 12.1 Å². The Morgan fingerprint density at radius 2 is 1.60 bits per heavy atom. The van der Waals surface area contributed by atoms with Crippen molar-refractivity contribution in [2.45, 2.75) is 32.3 Å². The molecule has 3 aliphatic rings. The molecule has 1 aliphatic heterocycles. The summed E-state index contributed by atoms with van der Waals surface area (Å²) in [6.45, 7) is 1.53. The first kappa shape index (κ1) is 26.5. The SMILES string of the molecule is CC(OC(=O)c1cc(-c2ccc(N3C(=O)C4C5CCC(C5)C4C3=O)cc2)nc2ccccc12)C(=O)c1cccc(Cl)c1. The first-order valence-corrected chi connectivity index (χ1v) is 14.6. The Kier molecular flexibility index (Phi) is 6.43. The number of ether oxygens (including phenoxy) is 1. The number of anilines is 1. The van der Waals surface area contributed by atoms with E-state index in [1.165, 1.54) is 17.9 Å². The van der Waals surface area contributed by atoms with Crippen molar-refractivity contribution in [3.8, 4) is 11.3 Å². The predicted octanol–water partition coefficient (Wildman–Crippen LogP) is 6.52. The van der Waals surface area contributed by atoms with Crippen LogP contribution in [0.2, 0.25) is 5.02 Å². The standard InChI is InChI=1S/C34H27ClN2O5/c1-18(31(38)22-5-4-6-23(35)16-22)42-34(41)26-17-28(36-27-8-3-2-7-25(26)27)19-11-13-24(14-12-19)37-32(39)29-20-9-10-21(15-20)30(29)33(37)40/h2-8,11-14,16-18,20-21,29-30H,9-10,15H2,1H3. The Balaban J connectivity index is 1.16. The highest BCUT2D eigenvalue weighted by molar-refractivity contribution is 6.31. The molecule has 8 heteroatoms. The number of halogens is 1. The third-order valence-corrected chi connectivity index (χ3v) is 9.28. The average Bonchev–Trinajstić information content (AvgIpc) is 3.69. The number of benzene rings is 3. The molecule has 7 rings (SSSR count). The third-order valence-electron chi connectivity index (χ3n) is 9.05. The minimum atomic E-state index is -1.03. The molecule has 2 amide bonds. The molecule has 2 heterocycles. The van der Waals surface area contributed by atoms with Crippen molar-refractivity contribution in [3.63, 3.8) is 0 Å². The lowest BCUT2D eigenvalue weighted by molar-refractivity contribution is -0.123. The third kappa shape index (κ3) is 4.31. The number of imide groups is 1. The van der Waals surface area contributed by atoms with Crippen LogP contribution < -0.4 is 4.90 Å². The number of carbonyl (C=O) groups excluding carboxylic acids is 4. The van der Waals surface area contributed by atoms with Gasteiger partial charge in [-0.25, -0.2) is 9.78 Å². The number of amides is 2. The van der Waals surface area contributed by atoms with Crippen molar-refractivity contribution in [3.05, 3.63) is 95.0 Å². The van der Waals surface area contributed by atoms with Gasteiger partial charge in [-0.3, -0.25) is 19.3 Å². The largest absolute Gasteiger partial charge is 0.451 e. The van der Waals surface area contributed by atoms with Crippen molar-refractivity contribution >= 4 is 51.8 Å². The van der Waals surface area contributed by atoms with Gasteiger partial charge in [0.2, 0.25) is 17.6 Å². The molecule has 5 unspecified atom stereocenters. The quantitative estimate of drug-likeness (QED) is 0.147. The van der Waals surface area contributed by atoms with Gasteiger partial charge >= 0.3 is 5.97 Å². The highest BCUT2D eigenvalue weighted by Gasteiger charge is 2.61. The summed E-state index contributed by atoms with van der Waals surface area (Å²) in [5.41, 5.74) is 3.01. The summed E-state index contributed by atoms with van der Waals surface area (Å²) in [5, 5.41) is 1.02. The molecule has 4 aromatic rings. The zero-order chi connectivity index (χ0) is 29.1. The number of fused-ring (bicyclic) bond motifs is 6. The molecule has 3 aromatic carbocycles. The maximum atomic E-state index is 13.4. The number of pyridine rings is 1. The number of rotatable bonds is 6. The van der Waals surface area contributed by atoms with E-state index in [9.17, 15) is 19.2 Å². The molecule has 1 saturated heterocycles. The van der Waals surface area contributed by atoms with Crippen molar-refractivity contribution in [1.82, 2.24) is 4.98 Å². The smallest absolute Gasteiger partial charge is 0.339 e. The van der Waals surface area contributed by atoms with Crippen LogP contribution in [-0.2, 0) is 14.3 Å². The zero-order valence-corrected chi connectivity index (χ0v) is 23.6. The van der Waals surface area contributed by atoms with Gasteiger partial charge in [-0.2, -0.15) is 0 Å². The summed E-state index contributed by atoms with van der Waals surface area (Å²) in [5.74, 6) is -0.888. The van der Waals surface area contributed by atoms with Gasteiger partial charge in [0.05, 0.1) is 34.3 Å². The van der Waals surface area contributed by atoms with Crippen molar-refractivity contribution in [2.75, 3.05) is 4.90 Å². The number of nitrogens with zero attached hydrogens (tertiary/aromatic N) is 2. The van der Waals surface area contributed by atoms with Gasteiger partial charge in [-0.15, -0.1) is 0 Å². The summed E-state index contributed by atoms with van der Waals surface area (Å²) in [7, 11) is 0. The second-order valence-electron chi connectivity index (χ2n) is 11.4. The Labute approximate surface area is 247 Å². The summed E-state index contributed by atoms with van der Waals surface area (Å²) < 4.78 is 5.62. The molecule has 7 nitrogen and oxygen atoms in total. The minimum Gasteiger partial charge on any atom is -0.451 e. The van der Waals surface area contributed by atoms with Crippen molar-refractivity contribution in [1.29, 1.82) is 0 Å². The number of hydrogen-bond donors (Lipinski definition) is 0. The van der Waals surface area contributed by atoms with Crippen molar-refractivity contribution in [2.24, 2.45) is 23.7 Å². The molecule has 3 fully saturated rings. The Morgan fingerprint density at radius 1 is 0.905 bits per heavy atom. The maximum Gasteiger partial charge on any atom is 0.339 e. The van der Waals surface area contributed by atoms with Gasteiger partial charge < -0.3 is 4.74 Å². The summed E-state index contributed by atoms with van der Waals surface area (Å²) >= 11 is 6.03. The fourth-order valence-electron chi connectivity index (χ4n) is 7.09. The minimum absolute atomic E-state index is 0.0831. The van der Waals surface area contributed by atoms with Gasteiger partial charge in [0, 0.05) is 21.5 Å². The summed E-state index contributed by atoms with van der Waals surface area (Å²) in [6.07, 6.45) is 2.02. The molecule has 0 radical (unpaired) electrons. The molecule has 42 heavy (non-hydrogen) atoms. The summed E-state index contributed by atoms with van der Waals surface area (Å²) in [6, 6.07) is 22.5. The van der Waals surface area contributed by atoms with Gasteiger partial charge in [-0.05, 0) is 74.4 Å². The lowest BCUT2D eigenvalue weighted by atomic mass is 9.81. The summed E-state index contributed by atoms with van der Waals surface area (Å²) in [4.78, 5) is 58.9. The number of ketones is 1. The molecule has 2 saturated carbocycles. The predicted molar refractivity (Wildman–Crippen MR) is 158 cm³/mol. The normalized spacial score (nSPS) is 23.3. The number of para-hydroxylation sites is 1. The van der Waals surface area contributed by atoms with Crippen LogP contribution in [0.15, 0.2) is 78.9 Å². The molecule has 1 aromatic heterocycles. The van der Waals surface area contributed by atoms with Crippen LogP contribution in [0.1, 0.15) is 46.9 Å². The average molecular weight is 579 g/mol. The van der Waals surface area contributed by atoms with E-state index in [1.54, 1.807) is 66.7 Å². The van der Waals surface area contributed by atoms with Gasteiger partial charge in [0.1, 0.15) is 0 Å². The van der Waals surface area contributed by atoms with Crippen LogP contribution in [0.4, 0.5) is 5.69 Å². The van der Waals surface area contributed by atoms with Gasteiger partial charge in [0.15, 0.2) is 6.10 Å². The first-order chi connectivity index (χ1) is 20.3. The molecular formula is C34H27ClN2O5. The van der Waals surface area contributed by atoms with Crippen LogP contribution in [0.25, 0.3) is 22.2 Å². The number of Topliss-reactive ketones (excluding diaryl/α,β-unsaturated/α-hetero) is 1. The van der Waals surface area contributed by atoms with Crippen LogP contribution in [0.3, 0.4) is 0 Å². The lowest BCUT2D eigenvalue weighted by Gasteiger charge is -2.19. The van der Waals surface area contributed by atoms with Gasteiger partial charge in [-0.1, -0.05) is 54.1 Å². The second kappa shape index (κ2) is 10.2. The van der Waals surface area contributed by atoms with E-state index >= 15 is 0 Å². The topological polar surface area (TPSA) is 93.6 Å². The van der Waals surface area contributed by atoms with Crippen LogP contribution >= 0.6 is 11.6 Å². The Morgan fingerprint density at radius 3 is 2.29 bits per heavy atom. The monoisotopic (exact) mass is 578 g/mol. The van der Waals surface area contributed by atoms with E-state index in [1.807, 2.05) is 6.07 Å². The van der Waals surface area contributed by atoms with Crippen LogP contribution in [0, 0.1) is 23.7 Å². The number of hydrogen-bond acceptors (Lipinski definition) is 6. The zero-order valence-electron chi connectivity index (χ0n) is 22.8. The Bertz CT molecular complexity index is 1760. The first-order valence-electron chi connectivity index (χ1n) is 14.2. The van der Waals surface area contributed by atoms with Gasteiger partial charge in [0.25, 0.3) is 0 Å². The van der Waals surface area contributed by atoms with E-state index in [0.717, 1.165) is 19.3 Å². The molecule has 2 aliphatic carbocycles. The van der Waals surface area contributed by atoms with E-state index in [-0.39, 0.29) is 35.0 Å². The fourth-order valence-corrected chi connectivity index (χ4v) is 7.28. The highest BCUT2D eigenvalue weighted by Crippen LogP contribution is 2.56. The van der Waals surface area contributed by atoms with Crippen LogP contribution in [-0.4, -0.2) is 34.7 Å². The van der Waals surface area contributed by atoms with Crippen LogP contribution in [0.5, 0.6) is 0 Å². The maximum absolute atomic E-state index is 13.4. The van der Waals surface area contributed by atoms with Crippen molar-refractivity contribution < 1.29 is 23.9 Å². The molecule has 0 spiro atoms. The molecule has 0 N–H and O–H groups in total. The fraction of sp³-hybridized carbons (Fsp3) is 0.265. The lowest BCUT2D eigenvalue weighted by Crippen LogP contribution is -2.32.